The Kier molecular flexibility index (Phi) is 3.61. The highest BCUT2D eigenvalue weighted by Gasteiger charge is 2.44. The highest BCUT2D eigenvalue weighted by Crippen LogP contribution is 2.44. The Hall–Kier alpha value is -1.26. The topological polar surface area (TPSA) is 78.4 Å². The van der Waals surface area contributed by atoms with E-state index in [0.29, 0.717) is 30.7 Å². The van der Waals surface area contributed by atoms with Gasteiger partial charge in [-0.2, -0.15) is 0 Å². The summed E-state index contributed by atoms with van der Waals surface area (Å²) < 4.78 is 0. The molecule has 112 valence electrons. The number of nitrogens with one attached hydrogen (secondary N) is 2. The molecule has 0 saturated heterocycles. The van der Waals surface area contributed by atoms with Crippen molar-refractivity contribution in [3.8, 4) is 0 Å². The number of urea groups is 1. The molecule has 0 spiro atoms. The third-order valence-corrected chi connectivity index (χ3v) is 5.16. The standard InChI is InChI=1S/C15H24N2O3/c18-13(19)15(7-1-2-8-15)9-16-14(20)17-12(10-3-4-10)11-5-6-11/h10-12H,1-9H2,(H,18,19)(H2,16,17,20). The van der Waals surface area contributed by atoms with Crippen molar-refractivity contribution < 1.29 is 14.7 Å². The fourth-order valence-corrected chi connectivity index (χ4v) is 3.50. The summed E-state index contributed by atoms with van der Waals surface area (Å²) in [6.45, 7) is 0.260. The van der Waals surface area contributed by atoms with Crippen molar-refractivity contribution in [2.24, 2.45) is 17.3 Å². The predicted octanol–water partition coefficient (Wildman–Crippen LogP) is 2.12. The van der Waals surface area contributed by atoms with E-state index in [9.17, 15) is 14.7 Å². The summed E-state index contributed by atoms with van der Waals surface area (Å²) >= 11 is 0. The van der Waals surface area contributed by atoms with Gasteiger partial charge in [-0.25, -0.2) is 4.79 Å². The molecule has 0 aromatic rings. The fourth-order valence-electron chi connectivity index (χ4n) is 3.50. The number of hydrogen-bond acceptors (Lipinski definition) is 2. The first-order chi connectivity index (χ1) is 9.61. The van der Waals surface area contributed by atoms with Crippen molar-refractivity contribution in [2.75, 3.05) is 6.54 Å². The summed E-state index contributed by atoms with van der Waals surface area (Å²) in [6, 6.07) is 0.140. The van der Waals surface area contributed by atoms with Crippen molar-refractivity contribution in [1.29, 1.82) is 0 Å². The summed E-state index contributed by atoms with van der Waals surface area (Å²) in [5.74, 6) is 0.553. The lowest BCUT2D eigenvalue weighted by Gasteiger charge is -2.25. The number of carboxylic acids is 1. The second-order valence-electron chi connectivity index (χ2n) is 6.82. The van der Waals surface area contributed by atoms with E-state index < -0.39 is 11.4 Å². The molecule has 5 nitrogen and oxygen atoms in total. The predicted molar refractivity (Wildman–Crippen MR) is 74.3 cm³/mol. The maximum Gasteiger partial charge on any atom is 0.315 e. The van der Waals surface area contributed by atoms with E-state index in [1.807, 2.05) is 0 Å². The Morgan fingerprint density at radius 3 is 2.10 bits per heavy atom. The Labute approximate surface area is 119 Å². The average Bonchev–Trinajstić information content (AvgIpc) is 3.33. The molecule has 0 aromatic heterocycles. The Morgan fingerprint density at radius 1 is 1.10 bits per heavy atom. The lowest BCUT2D eigenvalue weighted by atomic mass is 9.86. The minimum Gasteiger partial charge on any atom is -0.481 e. The van der Waals surface area contributed by atoms with Gasteiger partial charge in [0.1, 0.15) is 0 Å². The minimum absolute atomic E-state index is 0.179. The van der Waals surface area contributed by atoms with Crippen LogP contribution in [0, 0.1) is 17.3 Å². The molecule has 3 saturated carbocycles. The first-order valence-electron chi connectivity index (χ1n) is 7.88. The lowest BCUT2D eigenvalue weighted by molar-refractivity contribution is -0.148. The summed E-state index contributed by atoms with van der Waals surface area (Å²) in [5, 5.41) is 15.3. The Bertz CT molecular complexity index is 384. The molecule has 0 aromatic carbocycles. The van der Waals surface area contributed by atoms with Gasteiger partial charge in [0.05, 0.1) is 5.41 Å². The van der Waals surface area contributed by atoms with E-state index in [2.05, 4.69) is 10.6 Å². The van der Waals surface area contributed by atoms with Crippen LogP contribution in [0.3, 0.4) is 0 Å². The molecular weight excluding hydrogens is 256 g/mol. The van der Waals surface area contributed by atoms with E-state index in [4.69, 9.17) is 0 Å². The second kappa shape index (κ2) is 5.26. The van der Waals surface area contributed by atoms with E-state index in [0.717, 1.165) is 12.8 Å². The van der Waals surface area contributed by atoms with Gasteiger partial charge in [-0.05, 0) is 50.4 Å². The molecule has 3 aliphatic rings. The van der Waals surface area contributed by atoms with Crippen LogP contribution in [0.25, 0.3) is 0 Å². The highest BCUT2D eigenvalue weighted by atomic mass is 16.4. The summed E-state index contributed by atoms with van der Waals surface area (Å²) in [4.78, 5) is 23.4. The van der Waals surface area contributed by atoms with Gasteiger partial charge in [-0.15, -0.1) is 0 Å². The Morgan fingerprint density at radius 2 is 1.65 bits per heavy atom. The van der Waals surface area contributed by atoms with Gasteiger partial charge in [0, 0.05) is 12.6 Å². The molecule has 20 heavy (non-hydrogen) atoms. The molecule has 0 heterocycles. The SMILES string of the molecule is O=C(NCC1(C(=O)O)CCCC1)NC(C1CC1)C1CC1. The van der Waals surface area contributed by atoms with Crippen molar-refractivity contribution in [3.63, 3.8) is 0 Å². The summed E-state index contributed by atoms with van der Waals surface area (Å²) in [7, 11) is 0. The molecule has 5 heteroatoms. The van der Waals surface area contributed by atoms with Gasteiger partial charge in [-0.1, -0.05) is 12.8 Å². The second-order valence-corrected chi connectivity index (χ2v) is 6.82. The third kappa shape index (κ3) is 2.91. The van der Waals surface area contributed by atoms with Crippen LogP contribution in [0.1, 0.15) is 51.4 Å². The quantitative estimate of drug-likeness (QED) is 0.697. The molecular formula is C15H24N2O3. The van der Waals surface area contributed by atoms with Gasteiger partial charge < -0.3 is 15.7 Å². The monoisotopic (exact) mass is 280 g/mol. The number of rotatable bonds is 6. The number of aliphatic carboxylic acids is 1. The van der Waals surface area contributed by atoms with E-state index >= 15 is 0 Å². The van der Waals surface area contributed by atoms with Crippen molar-refractivity contribution in [2.45, 2.75) is 57.4 Å². The first-order valence-corrected chi connectivity index (χ1v) is 7.88. The molecule has 3 N–H and O–H groups in total. The highest BCUT2D eigenvalue weighted by molar-refractivity contribution is 5.78. The van der Waals surface area contributed by atoms with Gasteiger partial charge in [0.15, 0.2) is 0 Å². The van der Waals surface area contributed by atoms with Crippen molar-refractivity contribution in [3.05, 3.63) is 0 Å². The minimum atomic E-state index is -0.767. The van der Waals surface area contributed by atoms with Crippen LogP contribution >= 0.6 is 0 Å². The molecule has 0 aliphatic heterocycles. The van der Waals surface area contributed by atoms with Crippen LogP contribution < -0.4 is 10.6 Å². The first kappa shape index (κ1) is 13.7. The average molecular weight is 280 g/mol. The molecule has 0 unspecified atom stereocenters. The molecule has 0 atom stereocenters. The number of amides is 2. The summed E-state index contributed by atoms with van der Waals surface area (Å²) in [5.41, 5.74) is -0.730. The van der Waals surface area contributed by atoms with Gasteiger partial charge >= 0.3 is 12.0 Å². The number of carbonyl (C=O) groups excluding carboxylic acids is 1. The van der Waals surface area contributed by atoms with Crippen LogP contribution in [-0.4, -0.2) is 29.7 Å². The van der Waals surface area contributed by atoms with Crippen LogP contribution in [0.5, 0.6) is 0 Å². The summed E-state index contributed by atoms with van der Waals surface area (Å²) in [6.07, 6.45) is 8.14. The molecule has 2 amide bonds. The zero-order valence-corrected chi connectivity index (χ0v) is 11.9. The van der Waals surface area contributed by atoms with Crippen molar-refractivity contribution in [1.82, 2.24) is 10.6 Å². The third-order valence-electron chi connectivity index (χ3n) is 5.16. The Balaban J connectivity index is 1.49. The van der Waals surface area contributed by atoms with Gasteiger partial charge in [-0.3, -0.25) is 4.79 Å². The van der Waals surface area contributed by atoms with E-state index in [-0.39, 0.29) is 12.6 Å². The number of hydrogen-bond donors (Lipinski definition) is 3. The largest absolute Gasteiger partial charge is 0.481 e. The maximum absolute atomic E-state index is 12.0. The van der Waals surface area contributed by atoms with Crippen molar-refractivity contribution >= 4 is 12.0 Å². The molecule has 0 bridgehead atoms. The maximum atomic E-state index is 12.0. The van der Waals surface area contributed by atoms with E-state index in [1.165, 1.54) is 25.7 Å². The smallest absolute Gasteiger partial charge is 0.315 e. The fraction of sp³-hybridized carbons (Fsp3) is 0.867. The van der Waals surface area contributed by atoms with Crippen LogP contribution in [0.2, 0.25) is 0 Å². The van der Waals surface area contributed by atoms with Crippen LogP contribution in [0.15, 0.2) is 0 Å². The van der Waals surface area contributed by atoms with Gasteiger partial charge in [0.2, 0.25) is 0 Å². The molecule has 3 rings (SSSR count). The van der Waals surface area contributed by atoms with Crippen LogP contribution in [0.4, 0.5) is 4.79 Å². The zero-order valence-electron chi connectivity index (χ0n) is 11.9. The normalized spacial score (nSPS) is 24.6. The molecule has 3 fully saturated rings. The lowest BCUT2D eigenvalue weighted by Crippen LogP contribution is -2.48. The molecule has 3 aliphatic carbocycles. The molecule has 0 radical (unpaired) electrons. The van der Waals surface area contributed by atoms with Crippen LogP contribution in [-0.2, 0) is 4.79 Å². The number of carbonyl (C=O) groups is 2. The van der Waals surface area contributed by atoms with Gasteiger partial charge in [0.25, 0.3) is 0 Å². The number of carboxylic acid groups (broad SMARTS) is 1. The zero-order chi connectivity index (χ0) is 14.2. The van der Waals surface area contributed by atoms with E-state index in [1.54, 1.807) is 0 Å².